The van der Waals surface area contributed by atoms with E-state index in [0.29, 0.717) is 5.82 Å². The van der Waals surface area contributed by atoms with Crippen LogP contribution in [0.15, 0.2) is 12.1 Å². The molecule has 7 heteroatoms. The molecule has 0 saturated heterocycles. The Hall–Kier alpha value is -2.20. The lowest BCUT2D eigenvalue weighted by Crippen LogP contribution is -2.14. The lowest BCUT2D eigenvalue weighted by molar-refractivity contribution is -0.385. The third-order valence-electron chi connectivity index (χ3n) is 2.51. The fourth-order valence-corrected chi connectivity index (χ4v) is 1.55. The average molecular weight is 263 g/mol. The van der Waals surface area contributed by atoms with Crippen molar-refractivity contribution in [1.29, 1.82) is 5.26 Å². The summed E-state index contributed by atoms with van der Waals surface area (Å²) in [5.41, 5.74) is -0.427. The van der Waals surface area contributed by atoms with Gasteiger partial charge >= 0.3 is 5.69 Å². The number of hydrogen-bond donors (Lipinski definition) is 1. The molecular formula is C12H17N5O2. The molecule has 0 aliphatic rings. The highest BCUT2D eigenvalue weighted by Crippen LogP contribution is 2.17. The van der Waals surface area contributed by atoms with Gasteiger partial charge in [-0.2, -0.15) is 5.26 Å². The van der Waals surface area contributed by atoms with E-state index >= 15 is 0 Å². The Bertz CT molecular complexity index is 481. The second kappa shape index (κ2) is 7.28. The summed E-state index contributed by atoms with van der Waals surface area (Å²) in [6.45, 7) is 1.74. The molecule has 0 amide bonds. The number of aromatic nitrogens is 1. The average Bonchev–Trinajstić information content (AvgIpc) is 2.37. The summed E-state index contributed by atoms with van der Waals surface area (Å²) in [5, 5.41) is 22.5. The molecule has 1 aromatic rings. The molecule has 1 aromatic heterocycles. The fraction of sp³-hybridized carbons (Fsp3) is 0.500. The van der Waals surface area contributed by atoms with E-state index in [0.717, 1.165) is 25.9 Å². The number of pyridine rings is 1. The first-order valence-electron chi connectivity index (χ1n) is 5.98. The Morgan fingerprint density at radius 3 is 2.79 bits per heavy atom. The minimum absolute atomic E-state index is 0.164. The number of hydrogen-bond acceptors (Lipinski definition) is 6. The van der Waals surface area contributed by atoms with Crippen molar-refractivity contribution in [2.45, 2.75) is 12.8 Å². The summed E-state index contributed by atoms with van der Waals surface area (Å²) < 4.78 is 0. The summed E-state index contributed by atoms with van der Waals surface area (Å²) in [7, 11) is 4.04. The van der Waals surface area contributed by atoms with Gasteiger partial charge in [-0.1, -0.05) is 0 Å². The first-order chi connectivity index (χ1) is 9.04. The zero-order valence-electron chi connectivity index (χ0n) is 11.1. The largest absolute Gasteiger partial charge is 0.370 e. The molecule has 1 heterocycles. The Morgan fingerprint density at radius 2 is 2.21 bits per heavy atom. The molecule has 7 nitrogen and oxygen atoms in total. The van der Waals surface area contributed by atoms with E-state index in [9.17, 15) is 10.1 Å². The van der Waals surface area contributed by atoms with Gasteiger partial charge in [0, 0.05) is 12.6 Å². The maximum atomic E-state index is 10.6. The molecule has 0 radical (unpaired) electrons. The smallest absolute Gasteiger partial charge is 0.305 e. The van der Waals surface area contributed by atoms with E-state index in [4.69, 9.17) is 5.26 Å². The second-order valence-corrected chi connectivity index (χ2v) is 4.37. The SMILES string of the molecule is CN(C)CCCCNc1ccc([N+](=O)[O-])c(C#N)n1. The zero-order chi connectivity index (χ0) is 14.3. The first kappa shape index (κ1) is 14.9. The van der Waals surface area contributed by atoms with Crippen molar-refractivity contribution in [3.05, 3.63) is 27.9 Å². The van der Waals surface area contributed by atoms with Crippen LogP contribution in [0.25, 0.3) is 0 Å². The monoisotopic (exact) mass is 263 g/mol. The van der Waals surface area contributed by atoms with Gasteiger partial charge in [-0.05, 0) is 39.5 Å². The number of anilines is 1. The van der Waals surface area contributed by atoms with E-state index < -0.39 is 4.92 Å². The Labute approximate surface area is 112 Å². The van der Waals surface area contributed by atoms with Crippen molar-refractivity contribution in [3.8, 4) is 6.07 Å². The molecule has 0 spiro atoms. The lowest BCUT2D eigenvalue weighted by Gasteiger charge is -2.09. The number of nitrogens with zero attached hydrogens (tertiary/aromatic N) is 4. The first-order valence-corrected chi connectivity index (χ1v) is 5.98. The van der Waals surface area contributed by atoms with Crippen LogP contribution >= 0.6 is 0 Å². The van der Waals surface area contributed by atoms with Gasteiger partial charge in [0.05, 0.1) is 4.92 Å². The lowest BCUT2D eigenvalue weighted by atomic mass is 10.3. The van der Waals surface area contributed by atoms with Crippen molar-refractivity contribution in [1.82, 2.24) is 9.88 Å². The van der Waals surface area contributed by atoms with Gasteiger partial charge in [-0.25, -0.2) is 4.98 Å². The summed E-state index contributed by atoms with van der Waals surface area (Å²) in [4.78, 5) is 16.1. The third kappa shape index (κ3) is 4.89. The predicted molar refractivity (Wildman–Crippen MR) is 71.9 cm³/mol. The van der Waals surface area contributed by atoms with Crippen molar-refractivity contribution in [3.63, 3.8) is 0 Å². The number of nitriles is 1. The van der Waals surface area contributed by atoms with Gasteiger partial charge in [-0.15, -0.1) is 0 Å². The Balaban J connectivity index is 2.52. The summed E-state index contributed by atoms with van der Waals surface area (Å²) >= 11 is 0. The number of rotatable bonds is 7. The summed E-state index contributed by atoms with van der Waals surface area (Å²) in [6, 6.07) is 4.55. The maximum absolute atomic E-state index is 10.6. The highest BCUT2D eigenvalue weighted by Gasteiger charge is 2.15. The van der Waals surface area contributed by atoms with Crippen molar-refractivity contribution < 1.29 is 4.92 Å². The molecule has 0 unspecified atom stereocenters. The Morgan fingerprint density at radius 1 is 1.47 bits per heavy atom. The number of nitro groups is 1. The van der Waals surface area contributed by atoms with E-state index in [2.05, 4.69) is 15.2 Å². The quantitative estimate of drug-likeness (QED) is 0.456. The van der Waals surface area contributed by atoms with Crippen LogP contribution in [0.2, 0.25) is 0 Å². The second-order valence-electron chi connectivity index (χ2n) is 4.37. The van der Waals surface area contributed by atoms with Crippen LogP contribution in [0.1, 0.15) is 18.5 Å². The normalized spacial score (nSPS) is 10.2. The van der Waals surface area contributed by atoms with Gasteiger partial charge < -0.3 is 10.2 Å². The van der Waals surface area contributed by atoms with Crippen LogP contribution in [0, 0.1) is 21.4 Å². The summed E-state index contributed by atoms with van der Waals surface area (Å²) in [6.07, 6.45) is 2.02. The predicted octanol–water partition coefficient (Wildman–Crippen LogP) is 1.62. The van der Waals surface area contributed by atoms with Gasteiger partial charge in [0.1, 0.15) is 11.9 Å². The minimum atomic E-state index is -0.605. The van der Waals surface area contributed by atoms with Gasteiger partial charge in [0.2, 0.25) is 5.69 Å². The topological polar surface area (TPSA) is 95.1 Å². The van der Waals surface area contributed by atoms with Crippen LogP contribution in [-0.4, -0.2) is 42.0 Å². The van der Waals surface area contributed by atoms with E-state index in [-0.39, 0.29) is 11.4 Å². The van der Waals surface area contributed by atoms with Gasteiger partial charge in [0.15, 0.2) is 0 Å². The van der Waals surface area contributed by atoms with Crippen LogP contribution < -0.4 is 5.32 Å². The summed E-state index contributed by atoms with van der Waals surface area (Å²) in [5.74, 6) is 0.493. The molecule has 1 rings (SSSR count). The molecule has 102 valence electrons. The van der Waals surface area contributed by atoms with Crippen LogP contribution in [0.5, 0.6) is 0 Å². The van der Waals surface area contributed by atoms with E-state index in [1.54, 1.807) is 6.07 Å². The molecule has 0 atom stereocenters. The van der Waals surface area contributed by atoms with Crippen molar-refractivity contribution in [2.24, 2.45) is 0 Å². The highest BCUT2D eigenvalue weighted by molar-refractivity contribution is 5.50. The molecule has 0 fully saturated rings. The molecule has 1 N–H and O–H groups in total. The zero-order valence-corrected chi connectivity index (χ0v) is 11.1. The van der Waals surface area contributed by atoms with E-state index in [1.165, 1.54) is 12.1 Å². The van der Waals surface area contributed by atoms with Crippen molar-refractivity contribution in [2.75, 3.05) is 32.5 Å². The van der Waals surface area contributed by atoms with E-state index in [1.807, 2.05) is 14.1 Å². The van der Waals surface area contributed by atoms with Crippen molar-refractivity contribution >= 4 is 11.5 Å². The standard InChI is InChI=1S/C12H17N5O2/c1-16(2)8-4-3-7-14-12-6-5-11(17(18)19)10(9-13)15-12/h5-6H,3-4,7-8H2,1-2H3,(H,14,15). The van der Waals surface area contributed by atoms with Gasteiger partial charge in [0.25, 0.3) is 0 Å². The molecule has 19 heavy (non-hydrogen) atoms. The molecule has 0 aromatic carbocycles. The molecule has 0 bridgehead atoms. The molecule has 0 aliphatic heterocycles. The molecule has 0 aliphatic carbocycles. The molecule has 0 saturated carbocycles. The number of unbranched alkanes of at least 4 members (excludes halogenated alkanes) is 1. The highest BCUT2D eigenvalue weighted by atomic mass is 16.6. The van der Waals surface area contributed by atoms with Crippen LogP contribution in [-0.2, 0) is 0 Å². The molecular weight excluding hydrogens is 246 g/mol. The van der Waals surface area contributed by atoms with Gasteiger partial charge in [-0.3, -0.25) is 10.1 Å². The Kier molecular flexibility index (Phi) is 5.70. The van der Waals surface area contributed by atoms with Crippen LogP contribution in [0.4, 0.5) is 11.5 Å². The van der Waals surface area contributed by atoms with Crippen LogP contribution in [0.3, 0.4) is 0 Å². The third-order valence-corrected chi connectivity index (χ3v) is 2.51. The number of nitrogens with one attached hydrogen (secondary N) is 1. The minimum Gasteiger partial charge on any atom is -0.370 e. The maximum Gasteiger partial charge on any atom is 0.305 e. The fourth-order valence-electron chi connectivity index (χ4n) is 1.55.